The molecule has 0 aliphatic heterocycles. The maximum absolute atomic E-state index is 13.3. The highest BCUT2D eigenvalue weighted by molar-refractivity contribution is 5.94. The summed E-state index contributed by atoms with van der Waals surface area (Å²) in [6.45, 7) is 5.90. The Morgan fingerprint density at radius 1 is 1.33 bits per heavy atom. The van der Waals surface area contributed by atoms with E-state index in [1.54, 1.807) is 20.8 Å². The average Bonchev–Trinajstić information content (AvgIpc) is 2.38. The maximum atomic E-state index is 13.3. The average molecular weight is 338 g/mol. The fraction of sp³-hybridized carbons (Fsp3) is 0.529. The van der Waals surface area contributed by atoms with Crippen molar-refractivity contribution in [2.45, 2.75) is 45.3 Å². The number of carboxylic acid groups (broad SMARTS) is 1. The number of nitrogens with one attached hydrogen (secondary N) is 2. The number of hydrogen-bond donors (Lipinski definition) is 3. The second-order valence-corrected chi connectivity index (χ2v) is 7.06. The Kier molecular flexibility index (Phi) is 5.31. The summed E-state index contributed by atoms with van der Waals surface area (Å²) in [5.41, 5.74) is -0.198. The summed E-state index contributed by atoms with van der Waals surface area (Å²) in [7, 11) is 0. The number of hydrogen-bond acceptors (Lipinski definition) is 4. The quantitative estimate of drug-likeness (QED) is 0.767. The number of aromatic carboxylic acids is 1. The smallest absolute Gasteiger partial charge is 0.407 e. The molecule has 0 spiro atoms. The number of carboxylic acids is 1. The van der Waals surface area contributed by atoms with Crippen LogP contribution in [0.1, 0.15) is 44.0 Å². The summed E-state index contributed by atoms with van der Waals surface area (Å²) in [5, 5.41) is 14.9. The van der Waals surface area contributed by atoms with Crippen LogP contribution in [-0.2, 0) is 4.74 Å². The van der Waals surface area contributed by atoms with Crippen molar-refractivity contribution in [3.05, 3.63) is 29.6 Å². The summed E-state index contributed by atoms with van der Waals surface area (Å²) in [4.78, 5) is 22.7. The number of alkyl carbamates (subject to hydrolysis) is 1. The van der Waals surface area contributed by atoms with Crippen LogP contribution in [0.5, 0.6) is 0 Å². The molecule has 0 aromatic heterocycles. The topological polar surface area (TPSA) is 87.7 Å². The van der Waals surface area contributed by atoms with Crippen LogP contribution in [0.15, 0.2) is 18.2 Å². The zero-order chi connectivity index (χ0) is 17.9. The van der Waals surface area contributed by atoms with Gasteiger partial charge in [-0.25, -0.2) is 14.0 Å². The summed E-state index contributed by atoms with van der Waals surface area (Å²) in [6.07, 6.45) is 1.09. The maximum Gasteiger partial charge on any atom is 0.407 e. The lowest BCUT2D eigenvalue weighted by atomic mass is 9.80. The van der Waals surface area contributed by atoms with Gasteiger partial charge in [0.1, 0.15) is 11.4 Å². The van der Waals surface area contributed by atoms with Gasteiger partial charge in [0.15, 0.2) is 0 Å². The third-order valence-corrected chi connectivity index (χ3v) is 3.74. The second kappa shape index (κ2) is 7.07. The lowest BCUT2D eigenvalue weighted by Crippen LogP contribution is -2.43. The fourth-order valence-corrected chi connectivity index (χ4v) is 2.60. The Balaban J connectivity index is 1.79. The Labute approximate surface area is 140 Å². The number of carbonyl (C=O) groups is 2. The van der Waals surface area contributed by atoms with Gasteiger partial charge < -0.3 is 20.5 Å². The van der Waals surface area contributed by atoms with Gasteiger partial charge in [0.25, 0.3) is 0 Å². The summed E-state index contributed by atoms with van der Waals surface area (Å²) in [5.74, 6) is -1.29. The predicted octanol–water partition coefficient (Wildman–Crippen LogP) is 3.24. The van der Waals surface area contributed by atoms with Crippen molar-refractivity contribution in [3.8, 4) is 0 Å². The van der Waals surface area contributed by atoms with E-state index in [0.717, 1.165) is 18.9 Å². The number of amides is 1. The molecule has 1 fully saturated rings. The molecule has 1 aromatic carbocycles. The standard InChI is InChI=1S/C17H23FN2O4/c1-17(2,3)24-16(23)19-9-10-6-12(7-10)20-14-8-11(18)4-5-13(14)15(21)22/h4-5,8,10,12,20H,6-7,9H2,1-3H3,(H,19,23)(H,21,22). The van der Waals surface area contributed by atoms with Crippen LogP contribution < -0.4 is 10.6 Å². The molecule has 1 amide bonds. The molecule has 0 atom stereocenters. The molecule has 0 unspecified atom stereocenters. The fourth-order valence-electron chi connectivity index (χ4n) is 2.60. The van der Waals surface area contributed by atoms with E-state index in [4.69, 9.17) is 9.84 Å². The van der Waals surface area contributed by atoms with Crippen molar-refractivity contribution in [2.24, 2.45) is 5.92 Å². The molecule has 0 heterocycles. The Morgan fingerprint density at radius 3 is 2.58 bits per heavy atom. The first-order valence-electron chi connectivity index (χ1n) is 7.90. The molecule has 0 bridgehead atoms. The molecular formula is C17H23FN2O4. The second-order valence-electron chi connectivity index (χ2n) is 7.06. The van der Waals surface area contributed by atoms with Crippen LogP contribution in [-0.4, -0.2) is 35.4 Å². The van der Waals surface area contributed by atoms with E-state index in [1.807, 2.05) is 0 Å². The first kappa shape index (κ1) is 18.0. The van der Waals surface area contributed by atoms with E-state index in [-0.39, 0.29) is 23.2 Å². The number of anilines is 1. The Bertz CT molecular complexity index is 622. The lowest BCUT2D eigenvalue weighted by Gasteiger charge is -2.37. The minimum absolute atomic E-state index is 0.0479. The van der Waals surface area contributed by atoms with Crippen LogP contribution in [0.4, 0.5) is 14.9 Å². The van der Waals surface area contributed by atoms with Gasteiger partial charge in [-0.05, 0) is 57.7 Å². The van der Waals surface area contributed by atoms with Crippen LogP contribution in [0.3, 0.4) is 0 Å². The van der Waals surface area contributed by atoms with E-state index < -0.39 is 23.5 Å². The van der Waals surface area contributed by atoms with E-state index >= 15 is 0 Å². The van der Waals surface area contributed by atoms with Crippen molar-refractivity contribution < 1.29 is 23.8 Å². The largest absolute Gasteiger partial charge is 0.478 e. The summed E-state index contributed by atoms with van der Waals surface area (Å²) in [6, 6.07) is 3.63. The van der Waals surface area contributed by atoms with Crippen molar-refractivity contribution in [1.82, 2.24) is 5.32 Å². The third kappa shape index (κ3) is 5.11. The van der Waals surface area contributed by atoms with Gasteiger partial charge >= 0.3 is 12.1 Å². The van der Waals surface area contributed by atoms with Crippen molar-refractivity contribution in [3.63, 3.8) is 0 Å². The van der Waals surface area contributed by atoms with E-state index in [2.05, 4.69) is 10.6 Å². The first-order valence-corrected chi connectivity index (χ1v) is 7.90. The molecule has 2 rings (SSSR count). The molecule has 6 nitrogen and oxygen atoms in total. The minimum Gasteiger partial charge on any atom is -0.478 e. The van der Waals surface area contributed by atoms with E-state index in [0.29, 0.717) is 6.54 Å². The number of halogens is 1. The minimum atomic E-state index is -1.10. The van der Waals surface area contributed by atoms with Gasteiger partial charge in [-0.1, -0.05) is 0 Å². The summed E-state index contributed by atoms with van der Waals surface area (Å²) < 4.78 is 18.5. The highest BCUT2D eigenvalue weighted by Crippen LogP contribution is 2.31. The first-order chi connectivity index (χ1) is 11.1. The highest BCUT2D eigenvalue weighted by Gasteiger charge is 2.30. The molecule has 24 heavy (non-hydrogen) atoms. The Morgan fingerprint density at radius 2 is 2.00 bits per heavy atom. The van der Waals surface area contributed by atoms with Crippen molar-refractivity contribution in [2.75, 3.05) is 11.9 Å². The molecule has 0 radical (unpaired) electrons. The van der Waals surface area contributed by atoms with Gasteiger partial charge in [-0.15, -0.1) is 0 Å². The number of rotatable bonds is 5. The van der Waals surface area contributed by atoms with Gasteiger partial charge in [-0.3, -0.25) is 0 Å². The van der Waals surface area contributed by atoms with Crippen LogP contribution in [0.2, 0.25) is 0 Å². The van der Waals surface area contributed by atoms with Gasteiger partial charge in [0.05, 0.1) is 11.3 Å². The SMILES string of the molecule is CC(C)(C)OC(=O)NCC1CC(Nc2cc(F)ccc2C(=O)O)C1. The van der Waals surface area contributed by atoms with E-state index in [9.17, 15) is 14.0 Å². The van der Waals surface area contributed by atoms with Crippen molar-refractivity contribution >= 4 is 17.7 Å². The molecule has 7 heteroatoms. The zero-order valence-corrected chi connectivity index (χ0v) is 14.1. The van der Waals surface area contributed by atoms with Crippen molar-refractivity contribution in [1.29, 1.82) is 0 Å². The molecule has 1 aliphatic rings. The van der Waals surface area contributed by atoms with E-state index in [1.165, 1.54) is 12.1 Å². The number of ether oxygens (including phenoxy) is 1. The zero-order valence-electron chi connectivity index (χ0n) is 14.1. The predicted molar refractivity (Wildman–Crippen MR) is 87.7 cm³/mol. The Hall–Kier alpha value is -2.31. The molecular weight excluding hydrogens is 315 g/mol. The summed E-state index contributed by atoms with van der Waals surface area (Å²) >= 11 is 0. The van der Waals surface area contributed by atoms with Gasteiger partial charge in [0, 0.05) is 12.6 Å². The monoisotopic (exact) mass is 338 g/mol. The van der Waals surface area contributed by atoms with Crippen LogP contribution in [0.25, 0.3) is 0 Å². The van der Waals surface area contributed by atoms with Crippen LogP contribution >= 0.6 is 0 Å². The molecule has 1 aromatic rings. The third-order valence-electron chi connectivity index (χ3n) is 3.74. The number of carbonyl (C=O) groups excluding carboxylic acids is 1. The molecule has 1 saturated carbocycles. The van der Waals surface area contributed by atoms with Gasteiger partial charge in [-0.2, -0.15) is 0 Å². The number of benzene rings is 1. The van der Waals surface area contributed by atoms with Crippen LogP contribution in [0, 0.1) is 11.7 Å². The highest BCUT2D eigenvalue weighted by atomic mass is 19.1. The van der Waals surface area contributed by atoms with Gasteiger partial charge in [0.2, 0.25) is 0 Å². The molecule has 0 saturated heterocycles. The molecule has 3 N–H and O–H groups in total. The lowest BCUT2D eigenvalue weighted by molar-refractivity contribution is 0.0507. The molecule has 1 aliphatic carbocycles. The molecule has 132 valence electrons. The normalized spacial score (nSPS) is 20.0.